The van der Waals surface area contributed by atoms with E-state index in [1.807, 2.05) is 12.1 Å². The van der Waals surface area contributed by atoms with Gasteiger partial charge in [-0.3, -0.25) is 0 Å². The average molecular weight is 418 g/mol. The molecule has 0 fully saturated rings. The third-order valence-corrected chi connectivity index (χ3v) is 5.84. The van der Waals surface area contributed by atoms with Gasteiger partial charge < -0.3 is 5.32 Å². The van der Waals surface area contributed by atoms with Crippen LogP contribution in [0.25, 0.3) is 0 Å². The van der Waals surface area contributed by atoms with E-state index in [4.69, 9.17) is 0 Å². The van der Waals surface area contributed by atoms with Gasteiger partial charge in [0, 0.05) is 24.1 Å². The number of halogens is 2. The first-order chi connectivity index (χ1) is 10.5. The second kappa shape index (κ2) is 7.32. The Kier molecular flexibility index (Phi) is 5.86. The molecule has 0 atom stereocenters. The highest BCUT2D eigenvalue weighted by atomic mass is 79.9. The molecule has 23 heavy (non-hydrogen) atoms. The molecule has 0 saturated carbocycles. The largest absolute Gasteiger partial charge is 0.309 e. The molecule has 0 spiro atoms. The van der Waals surface area contributed by atoms with Crippen molar-refractivity contribution >= 4 is 38.4 Å². The van der Waals surface area contributed by atoms with E-state index >= 15 is 0 Å². The van der Waals surface area contributed by atoms with Crippen LogP contribution in [-0.2, 0) is 29.7 Å². The Bertz CT molecular complexity index is 825. The number of rotatable bonds is 4. The maximum atomic E-state index is 12.5. The zero-order chi connectivity index (χ0) is 15.7. The number of aryl methyl sites for hydroxylation is 1. The summed E-state index contributed by atoms with van der Waals surface area (Å²) in [5, 5.41) is 3.28. The summed E-state index contributed by atoms with van der Waals surface area (Å²) >= 11 is 3.32. The standard InChI is InChI=1S/C16H17BrN2O2S.ClH/c1-11-2-5-15(17)7-16(11)22(20,21)19-8-12-3-4-13-9-18-10-14(13)6-12;/h2-7,18-19H,8-10H2,1H3;1H. The number of hydrogen-bond acceptors (Lipinski definition) is 3. The van der Waals surface area contributed by atoms with Crippen LogP contribution in [0.15, 0.2) is 45.8 Å². The molecule has 0 bridgehead atoms. The van der Waals surface area contributed by atoms with E-state index in [9.17, 15) is 8.42 Å². The van der Waals surface area contributed by atoms with Gasteiger partial charge in [-0.05, 0) is 41.3 Å². The third-order valence-electron chi connectivity index (χ3n) is 3.81. The molecular weight excluding hydrogens is 400 g/mol. The van der Waals surface area contributed by atoms with Crippen molar-refractivity contribution < 1.29 is 8.42 Å². The van der Waals surface area contributed by atoms with Gasteiger partial charge in [-0.1, -0.05) is 40.2 Å². The minimum Gasteiger partial charge on any atom is -0.309 e. The van der Waals surface area contributed by atoms with E-state index in [2.05, 4.69) is 38.1 Å². The Morgan fingerprint density at radius 2 is 1.87 bits per heavy atom. The summed E-state index contributed by atoms with van der Waals surface area (Å²) < 4.78 is 28.4. The van der Waals surface area contributed by atoms with Gasteiger partial charge in [0.1, 0.15) is 0 Å². The van der Waals surface area contributed by atoms with Crippen molar-refractivity contribution in [1.29, 1.82) is 0 Å². The lowest BCUT2D eigenvalue weighted by atomic mass is 10.1. The predicted molar refractivity (Wildman–Crippen MR) is 97.1 cm³/mol. The number of fused-ring (bicyclic) bond motifs is 1. The van der Waals surface area contributed by atoms with Gasteiger partial charge in [-0.2, -0.15) is 0 Å². The maximum absolute atomic E-state index is 12.5. The van der Waals surface area contributed by atoms with Crippen molar-refractivity contribution in [3.63, 3.8) is 0 Å². The summed E-state index contributed by atoms with van der Waals surface area (Å²) in [6, 6.07) is 11.4. The van der Waals surface area contributed by atoms with E-state index in [1.54, 1.807) is 19.1 Å². The minimum absolute atomic E-state index is 0. The summed E-state index contributed by atoms with van der Waals surface area (Å²) in [6.45, 7) is 3.82. The lowest BCUT2D eigenvalue weighted by Crippen LogP contribution is -2.24. The second-order valence-electron chi connectivity index (χ2n) is 5.44. The van der Waals surface area contributed by atoms with Gasteiger partial charge in [0.2, 0.25) is 10.0 Å². The van der Waals surface area contributed by atoms with Crippen LogP contribution in [0.3, 0.4) is 0 Å². The van der Waals surface area contributed by atoms with Crippen LogP contribution in [0.2, 0.25) is 0 Å². The summed E-state index contributed by atoms with van der Waals surface area (Å²) in [4.78, 5) is 0.310. The highest BCUT2D eigenvalue weighted by Gasteiger charge is 2.17. The first-order valence-electron chi connectivity index (χ1n) is 7.03. The van der Waals surface area contributed by atoms with Crippen LogP contribution in [0.1, 0.15) is 22.3 Å². The first kappa shape index (κ1) is 18.4. The summed E-state index contributed by atoms with van der Waals surface area (Å²) in [5.74, 6) is 0. The molecule has 0 aromatic heterocycles. The average Bonchev–Trinajstić information content (AvgIpc) is 2.95. The van der Waals surface area contributed by atoms with Crippen molar-refractivity contribution in [1.82, 2.24) is 10.0 Å². The molecule has 0 saturated heterocycles. The maximum Gasteiger partial charge on any atom is 0.241 e. The van der Waals surface area contributed by atoms with Crippen LogP contribution < -0.4 is 10.0 Å². The van der Waals surface area contributed by atoms with Crippen LogP contribution in [0.5, 0.6) is 0 Å². The highest BCUT2D eigenvalue weighted by Crippen LogP contribution is 2.21. The molecule has 0 unspecified atom stereocenters. The fourth-order valence-electron chi connectivity index (χ4n) is 2.58. The van der Waals surface area contributed by atoms with Crippen LogP contribution in [-0.4, -0.2) is 8.42 Å². The van der Waals surface area contributed by atoms with Crippen LogP contribution in [0, 0.1) is 6.92 Å². The molecule has 1 aliphatic rings. The van der Waals surface area contributed by atoms with Crippen molar-refractivity contribution in [3.05, 3.63) is 63.1 Å². The Morgan fingerprint density at radius 1 is 1.13 bits per heavy atom. The van der Waals surface area contributed by atoms with Crippen LogP contribution >= 0.6 is 28.3 Å². The highest BCUT2D eigenvalue weighted by molar-refractivity contribution is 9.10. The van der Waals surface area contributed by atoms with E-state index in [1.165, 1.54) is 11.1 Å². The van der Waals surface area contributed by atoms with E-state index in [0.717, 1.165) is 28.7 Å². The fourth-order valence-corrected chi connectivity index (χ4v) is 4.38. The first-order valence-corrected chi connectivity index (χ1v) is 9.30. The van der Waals surface area contributed by atoms with Crippen molar-refractivity contribution in [2.24, 2.45) is 0 Å². The molecule has 2 aromatic rings. The van der Waals surface area contributed by atoms with Gasteiger partial charge in [0.15, 0.2) is 0 Å². The van der Waals surface area contributed by atoms with E-state index in [0.29, 0.717) is 11.4 Å². The number of benzene rings is 2. The summed E-state index contributed by atoms with van der Waals surface area (Å²) in [7, 11) is -3.52. The number of sulfonamides is 1. The molecule has 3 rings (SSSR count). The molecule has 1 heterocycles. The van der Waals surface area contributed by atoms with Gasteiger partial charge in [-0.15, -0.1) is 12.4 Å². The normalized spacial score (nSPS) is 13.5. The third kappa shape index (κ3) is 4.14. The van der Waals surface area contributed by atoms with E-state index in [-0.39, 0.29) is 12.4 Å². The predicted octanol–water partition coefficient (Wildman–Crippen LogP) is 3.26. The van der Waals surface area contributed by atoms with E-state index < -0.39 is 10.0 Å². The molecular formula is C16H18BrClN2O2S. The number of nitrogens with one attached hydrogen (secondary N) is 2. The second-order valence-corrected chi connectivity index (χ2v) is 8.09. The fraction of sp³-hybridized carbons (Fsp3) is 0.250. The summed E-state index contributed by atoms with van der Waals surface area (Å²) in [5.41, 5.74) is 4.23. The monoisotopic (exact) mass is 416 g/mol. The Balaban J connectivity index is 0.00000192. The van der Waals surface area contributed by atoms with Gasteiger partial charge in [-0.25, -0.2) is 13.1 Å². The Labute approximate surface area is 151 Å². The quantitative estimate of drug-likeness (QED) is 0.803. The zero-order valence-corrected chi connectivity index (χ0v) is 15.8. The Morgan fingerprint density at radius 3 is 2.65 bits per heavy atom. The molecule has 4 nitrogen and oxygen atoms in total. The minimum atomic E-state index is -3.52. The van der Waals surface area contributed by atoms with Gasteiger partial charge >= 0.3 is 0 Å². The molecule has 1 aliphatic heterocycles. The van der Waals surface area contributed by atoms with Gasteiger partial charge in [0.05, 0.1) is 4.90 Å². The molecule has 2 aromatic carbocycles. The SMILES string of the molecule is Cc1ccc(Br)cc1S(=O)(=O)NCc1ccc2c(c1)CNC2.Cl. The lowest BCUT2D eigenvalue weighted by Gasteiger charge is -2.10. The van der Waals surface area contributed by atoms with Crippen molar-refractivity contribution in [2.45, 2.75) is 31.5 Å². The lowest BCUT2D eigenvalue weighted by molar-refractivity contribution is 0.580. The zero-order valence-electron chi connectivity index (χ0n) is 12.6. The molecule has 0 radical (unpaired) electrons. The van der Waals surface area contributed by atoms with Crippen molar-refractivity contribution in [2.75, 3.05) is 0 Å². The smallest absolute Gasteiger partial charge is 0.241 e. The molecule has 0 amide bonds. The number of hydrogen-bond donors (Lipinski definition) is 2. The topological polar surface area (TPSA) is 58.2 Å². The van der Waals surface area contributed by atoms with Crippen molar-refractivity contribution in [3.8, 4) is 0 Å². The van der Waals surface area contributed by atoms with Crippen LogP contribution in [0.4, 0.5) is 0 Å². The summed E-state index contributed by atoms with van der Waals surface area (Å²) in [6.07, 6.45) is 0. The molecule has 7 heteroatoms. The molecule has 2 N–H and O–H groups in total. The van der Waals surface area contributed by atoms with Gasteiger partial charge in [0.25, 0.3) is 0 Å². The molecule has 0 aliphatic carbocycles. The molecule has 124 valence electrons. The Hall–Kier alpha value is -0.920.